The van der Waals surface area contributed by atoms with Gasteiger partial charge in [0.1, 0.15) is 29.3 Å². The molecular weight excluding hydrogens is 585 g/mol. The van der Waals surface area contributed by atoms with Crippen molar-refractivity contribution in [3.63, 3.8) is 0 Å². The Morgan fingerprint density at radius 1 is 1.22 bits per heavy atom. The Morgan fingerprint density at radius 3 is 2.75 bits per heavy atom. The number of ether oxygens (including phenoxy) is 2. The van der Waals surface area contributed by atoms with Crippen molar-refractivity contribution in [2.75, 3.05) is 12.4 Å². The highest BCUT2D eigenvalue weighted by Gasteiger charge is 2.23. The molecule has 1 heterocycles. The second-order valence-electron chi connectivity index (χ2n) is 8.46. The predicted molar refractivity (Wildman–Crippen MR) is 149 cm³/mol. The Morgan fingerprint density at radius 2 is 2.03 bits per heavy atom. The van der Waals surface area contributed by atoms with Crippen LogP contribution in [0.15, 0.2) is 42.0 Å². The molecule has 8 heteroatoms. The van der Waals surface area contributed by atoms with Crippen LogP contribution in [0.25, 0.3) is 6.08 Å². The minimum Gasteiger partial charge on any atom is -0.493 e. The Labute approximate surface area is 228 Å². The summed E-state index contributed by atoms with van der Waals surface area (Å²) >= 11 is 3.59. The van der Waals surface area contributed by atoms with Gasteiger partial charge in [-0.25, -0.2) is 0 Å². The number of rotatable bonds is 7. The number of carbonyl (C=O) groups excluding carboxylic acids is 1. The van der Waals surface area contributed by atoms with Crippen molar-refractivity contribution in [2.24, 2.45) is 0 Å². The number of nitrogens with zero attached hydrogens (tertiary/aromatic N) is 2. The number of nitriles is 2. The fourth-order valence-electron chi connectivity index (χ4n) is 4.18. The molecule has 3 aromatic rings. The first-order valence-corrected chi connectivity index (χ1v) is 13.4. The van der Waals surface area contributed by atoms with Gasteiger partial charge in [0, 0.05) is 4.88 Å². The first kappa shape index (κ1) is 25.7. The van der Waals surface area contributed by atoms with E-state index in [9.17, 15) is 15.3 Å². The lowest BCUT2D eigenvalue weighted by molar-refractivity contribution is -0.112. The summed E-state index contributed by atoms with van der Waals surface area (Å²) in [5, 5.41) is 22.7. The molecule has 0 radical (unpaired) electrons. The number of anilines is 1. The lowest BCUT2D eigenvalue weighted by atomic mass is 9.96. The molecule has 0 bridgehead atoms. The summed E-state index contributed by atoms with van der Waals surface area (Å²) in [6.07, 6.45) is 5.41. The highest BCUT2D eigenvalue weighted by atomic mass is 127. The molecule has 4 rings (SSSR count). The molecule has 0 unspecified atom stereocenters. The van der Waals surface area contributed by atoms with E-state index < -0.39 is 5.91 Å². The molecule has 0 saturated carbocycles. The Balaban J connectivity index is 1.56. The normalized spacial score (nSPS) is 12.8. The lowest BCUT2D eigenvalue weighted by Gasteiger charge is -2.14. The van der Waals surface area contributed by atoms with Gasteiger partial charge in [0.15, 0.2) is 11.5 Å². The summed E-state index contributed by atoms with van der Waals surface area (Å²) in [5.74, 6) is 0.570. The van der Waals surface area contributed by atoms with Crippen molar-refractivity contribution in [2.45, 2.75) is 39.2 Å². The average molecular weight is 609 g/mol. The third-order valence-electron chi connectivity index (χ3n) is 5.90. The molecule has 0 spiro atoms. The van der Waals surface area contributed by atoms with Gasteiger partial charge in [0.2, 0.25) is 0 Å². The molecule has 1 amide bonds. The Kier molecular flexibility index (Phi) is 8.29. The van der Waals surface area contributed by atoms with E-state index in [1.807, 2.05) is 37.3 Å². The SMILES string of the molecule is COc1cc(/C=C(\C#N)C(=O)Nc2sc3c(c2C#N)CCCC3)cc(I)c1OCc1cccc(C)c1. The first-order chi connectivity index (χ1) is 17.4. The number of hydrogen-bond donors (Lipinski definition) is 1. The van der Waals surface area contributed by atoms with Crippen LogP contribution < -0.4 is 14.8 Å². The molecule has 0 atom stereocenters. The number of carbonyl (C=O) groups is 1. The largest absolute Gasteiger partial charge is 0.493 e. The molecule has 1 aromatic heterocycles. The molecular formula is C28H24IN3O3S. The van der Waals surface area contributed by atoms with Gasteiger partial charge in [-0.2, -0.15) is 10.5 Å². The second kappa shape index (κ2) is 11.6. The van der Waals surface area contributed by atoms with Gasteiger partial charge in [-0.3, -0.25) is 4.79 Å². The number of halogens is 1. The smallest absolute Gasteiger partial charge is 0.266 e. The fourth-order valence-corrected chi connectivity index (χ4v) is 6.19. The van der Waals surface area contributed by atoms with E-state index >= 15 is 0 Å². The minimum absolute atomic E-state index is 0.0588. The van der Waals surface area contributed by atoms with Gasteiger partial charge >= 0.3 is 0 Å². The molecule has 1 aliphatic carbocycles. The zero-order chi connectivity index (χ0) is 25.7. The van der Waals surface area contributed by atoms with E-state index in [4.69, 9.17) is 9.47 Å². The zero-order valence-corrected chi connectivity index (χ0v) is 23.0. The molecule has 182 valence electrons. The lowest BCUT2D eigenvalue weighted by Crippen LogP contribution is -2.13. The number of aryl methyl sites for hydroxylation is 2. The summed E-state index contributed by atoms with van der Waals surface area (Å²) in [6.45, 7) is 2.42. The standard InChI is InChI=1S/C28H24IN3O3S/c1-17-6-5-7-18(10-17)16-35-26-23(29)12-19(13-24(26)34-2)11-20(14-30)27(33)32-28-22(15-31)21-8-3-4-9-25(21)36-28/h5-7,10-13H,3-4,8-9,16H2,1-2H3,(H,32,33)/b20-11+. The zero-order valence-electron chi connectivity index (χ0n) is 20.0. The summed E-state index contributed by atoms with van der Waals surface area (Å²) in [5.41, 5.74) is 4.34. The average Bonchev–Trinajstić information content (AvgIpc) is 3.23. The highest BCUT2D eigenvalue weighted by molar-refractivity contribution is 14.1. The van der Waals surface area contributed by atoms with Gasteiger partial charge in [-0.1, -0.05) is 29.8 Å². The number of thiophene rings is 1. The summed E-state index contributed by atoms with van der Waals surface area (Å²) in [4.78, 5) is 14.1. The van der Waals surface area contributed by atoms with E-state index in [1.54, 1.807) is 13.2 Å². The first-order valence-electron chi connectivity index (χ1n) is 11.5. The van der Waals surface area contributed by atoms with Crippen LogP contribution in [0.2, 0.25) is 0 Å². The molecule has 36 heavy (non-hydrogen) atoms. The molecule has 0 fully saturated rings. The maximum Gasteiger partial charge on any atom is 0.266 e. The van der Waals surface area contributed by atoms with Crippen LogP contribution in [-0.4, -0.2) is 13.0 Å². The molecule has 1 aliphatic rings. The minimum atomic E-state index is -0.540. The molecule has 0 aliphatic heterocycles. The summed E-state index contributed by atoms with van der Waals surface area (Å²) in [6, 6.07) is 15.9. The third kappa shape index (κ3) is 5.72. The number of hydrogen-bond acceptors (Lipinski definition) is 6. The van der Waals surface area contributed by atoms with E-state index in [-0.39, 0.29) is 5.57 Å². The molecule has 2 aromatic carbocycles. The monoisotopic (exact) mass is 609 g/mol. The van der Waals surface area contributed by atoms with E-state index in [0.717, 1.165) is 50.8 Å². The number of amides is 1. The van der Waals surface area contributed by atoms with Crippen molar-refractivity contribution in [1.29, 1.82) is 10.5 Å². The van der Waals surface area contributed by atoms with Gasteiger partial charge < -0.3 is 14.8 Å². The van der Waals surface area contributed by atoms with Gasteiger partial charge in [-0.15, -0.1) is 11.3 Å². The van der Waals surface area contributed by atoms with Crippen LogP contribution >= 0.6 is 33.9 Å². The second-order valence-corrected chi connectivity index (χ2v) is 10.7. The van der Waals surface area contributed by atoms with Crippen LogP contribution in [0.1, 0.15) is 45.5 Å². The van der Waals surface area contributed by atoms with Crippen LogP contribution in [0.3, 0.4) is 0 Å². The summed E-state index contributed by atoms with van der Waals surface area (Å²) < 4.78 is 12.4. The number of benzene rings is 2. The van der Waals surface area contributed by atoms with Crippen molar-refractivity contribution in [3.8, 4) is 23.6 Å². The third-order valence-corrected chi connectivity index (χ3v) is 7.91. The van der Waals surface area contributed by atoms with Crippen molar-refractivity contribution < 1.29 is 14.3 Å². The maximum atomic E-state index is 13.0. The van der Waals surface area contributed by atoms with Crippen molar-refractivity contribution >= 4 is 50.9 Å². The van der Waals surface area contributed by atoms with Gasteiger partial charge in [0.25, 0.3) is 5.91 Å². The van der Waals surface area contributed by atoms with Crippen LogP contribution in [0.4, 0.5) is 5.00 Å². The topological polar surface area (TPSA) is 95.1 Å². The maximum absolute atomic E-state index is 13.0. The predicted octanol–water partition coefficient (Wildman–Crippen LogP) is 6.54. The Hall–Kier alpha value is -3.34. The molecule has 1 N–H and O–H groups in total. The van der Waals surface area contributed by atoms with Gasteiger partial charge in [0.05, 0.1) is 16.2 Å². The molecule has 6 nitrogen and oxygen atoms in total. The van der Waals surface area contributed by atoms with E-state index in [0.29, 0.717) is 34.2 Å². The van der Waals surface area contributed by atoms with E-state index in [1.165, 1.54) is 17.4 Å². The number of methoxy groups -OCH3 is 1. The summed E-state index contributed by atoms with van der Waals surface area (Å²) in [7, 11) is 1.55. The Bertz CT molecular complexity index is 1430. The molecule has 0 saturated heterocycles. The van der Waals surface area contributed by atoms with Crippen LogP contribution in [-0.2, 0) is 24.2 Å². The van der Waals surface area contributed by atoms with Crippen molar-refractivity contribution in [1.82, 2.24) is 0 Å². The van der Waals surface area contributed by atoms with Crippen LogP contribution in [0.5, 0.6) is 11.5 Å². The van der Waals surface area contributed by atoms with Gasteiger partial charge in [-0.05, 0) is 90.1 Å². The van der Waals surface area contributed by atoms with Crippen molar-refractivity contribution in [3.05, 3.63) is 78.2 Å². The quantitative estimate of drug-likeness (QED) is 0.186. The highest BCUT2D eigenvalue weighted by Crippen LogP contribution is 2.38. The van der Waals surface area contributed by atoms with E-state index in [2.05, 4.69) is 40.0 Å². The number of nitrogens with one attached hydrogen (secondary N) is 1. The fraction of sp³-hybridized carbons (Fsp3) is 0.250. The van der Waals surface area contributed by atoms with Crippen LogP contribution in [0, 0.1) is 33.2 Å². The number of fused-ring (bicyclic) bond motifs is 1.